The number of hydrogen-bond acceptors (Lipinski definition) is 6. The van der Waals surface area contributed by atoms with Crippen molar-refractivity contribution in [3.63, 3.8) is 0 Å². The molecule has 0 saturated carbocycles. The first-order valence-electron chi connectivity index (χ1n) is 9.36. The highest BCUT2D eigenvalue weighted by molar-refractivity contribution is 7.81. The van der Waals surface area contributed by atoms with Crippen molar-refractivity contribution in [1.29, 1.82) is 0 Å². The minimum Gasteiger partial charge on any atom is -0.469 e. The number of halogens is 4. The topological polar surface area (TPSA) is 94.8 Å². The first kappa shape index (κ1) is 24.2. The van der Waals surface area contributed by atoms with Gasteiger partial charge in [0.05, 0.1) is 12.7 Å². The zero-order valence-electron chi connectivity index (χ0n) is 17.2. The Morgan fingerprint density at radius 2 is 1.82 bits per heavy atom. The van der Waals surface area contributed by atoms with Crippen LogP contribution in [0.15, 0.2) is 40.8 Å². The first-order valence-corrected chi connectivity index (χ1v) is 10.4. The van der Waals surface area contributed by atoms with E-state index in [1.807, 2.05) is 0 Å². The van der Waals surface area contributed by atoms with Gasteiger partial charge in [-0.2, -0.15) is 13.2 Å². The van der Waals surface area contributed by atoms with Crippen molar-refractivity contribution in [2.45, 2.75) is 18.3 Å². The van der Waals surface area contributed by atoms with Gasteiger partial charge in [-0.1, -0.05) is 0 Å². The number of fused-ring (bicyclic) bond motifs is 1. The van der Waals surface area contributed by atoms with E-state index in [-0.39, 0.29) is 40.7 Å². The highest BCUT2D eigenvalue weighted by atomic mass is 32.2. The van der Waals surface area contributed by atoms with Crippen LogP contribution in [0, 0.1) is 5.82 Å². The van der Waals surface area contributed by atoms with Gasteiger partial charge >= 0.3 is 22.6 Å². The molecule has 0 aliphatic carbocycles. The summed E-state index contributed by atoms with van der Waals surface area (Å²) < 4.78 is 78.5. The number of hydrogen-bond donors (Lipinski definition) is 1. The zero-order chi connectivity index (χ0) is 24.3. The molecule has 1 heterocycles. The number of methoxy groups -OCH3 is 1. The van der Waals surface area contributed by atoms with Crippen LogP contribution in [-0.4, -0.2) is 35.8 Å². The third-order valence-electron chi connectivity index (χ3n) is 4.61. The van der Waals surface area contributed by atoms with E-state index in [1.54, 1.807) is 0 Å². The molecule has 1 aromatic heterocycles. The lowest BCUT2D eigenvalue weighted by Gasteiger charge is -2.12. The summed E-state index contributed by atoms with van der Waals surface area (Å²) in [4.78, 5) is 24.1. The molecule has 1 N–H and O–H groups in total. The van der Waals surface area contributed by atoms with Crippen LogP contribution in [0.2, 0.25) is 0 Å². The number of amides is 1. The monoisotopic (exact) mass is 487 g/mol. The summed E-state index contributed by atoms with van der Waals surface area (Å²) in [6.45, 7) is 0. The number of furan rings is 1. The van der Waals surface area contributed by atoms with Gasteiger partial charge in [-0.25, -0.2) is 8.60 Å². The van der Waals surface area contributed by atoms with Crippen LogP contribution in [-0.2, 0) is 27.0 Å². The molecule has 3 aromatic rings. The van der Waals surface area contributed by atoms with Crippen molar-refractivity contribution in [1.82, 2.24) is 5.32 Å². The normalized spacial score (nSPS) is 12.4. The van der Waals surface area contributed by atoms with Gasteiger partial charge in [0.15, 0.2) is 0 Å². The van der Waals surface area contributed by atoms with E-state index >= 15 is 0 Å². The van der Waals surface area contributed by atoms with E-state index in [2.05, 4.69) is 14.2 Å². The van der Waals surface area contributed by atoms with E-state index in [0.717, 1.165) is 25.3 Å². The van der Waals surface area contributed by atoms with Gasteiger partial charge in [-0.05, 0) is 42.8 Å². The molecule has 7 nitrogen and oxygen atoms in total. The molecule has 0 spiro atoms. The molecule has 1 amide bonds. The van der Waals surface area contributed by atoms with Crippen molar-refractivity contribution in [3.05, 3.63) is 53.3 Å². The number of esters is 1. The number of carbonyl (C=O) groups excluding carboxylic acids is 2. The van der Waals surface area contributed by atoms with Crippen molar-refractivity contribution < 1.29 is 44.7 Å². The Labute approximate surface area is 187 Å². The van der Waals surface area contributed by atoms with Crippen LogP contribution in [0.1, 0.15) is 22.3 Å². The van der Waals surface area contributed by atoms with Crippen LogP contribution in [0.3, 0.4) is 0 Å². The van der Waals surface area contributed by atoms with E-state index in [1.165, 1.54) is 25.2 Å². The number of rotatable bonds is 7. The fraction of sp³-hybridized carbons (Fsp3) is 0.238. The van der Waals surface area contributed by atoms with Crippen molar-refractivity contribution in [3.8, 4) is 17.1 Å². The quantitative estimate of drug-likeness (QED) is 0.395. The number of alkyl halides is 3. The van der Waals surface area contributed by atoms with Crippen LogP contribution in [0.25, 0.3) is 22.3 Å². The molecule has 0 radical (unpaired) electrons. The minimum absolute atomic E-state index is 0.0392. The number of aryl methyl sites for hydroxylation is 1. The van der Waals surface area contributed by atoms with Crippen molar-refractivity contribution >= 4 is 33.9 Å². The third-order valence-corrected chi connectivity index (χ3v) is 5.32. The highest BCUT2D eigenvalue weighted by Gasteiger charge is 2.40. The molecule has 0 bridgehead atoms. The Morgan fingerprint density at radius 1 is 1.15 bits per heavy atom. The lowest BCUT2D eigenvalue weighted by atomic mass is 10.0. The summed E-state index contributed by atoms with van der Waals surface area (Å²) in [5.74, 6) is -2.18. The van der Waals surface area contributed by atoms with Crippen LogP contribution >= 0.6 is 0 Å². The fourth-order valence-electron chi connectivity index (χ4n) is 3.06. The maximum atomic E-state index is 13.4. The van der Waals surface area contributed by atoms with Gasteiger partial charge in [0.25, 0.3) is 5.91 Å². The van der Waals surface area contributed by atoms with E-state index in [9.17, 15) is 31.4 Å². The Balaban J connectivity index is 2.21. The lowest BCUT2D eigenvalue weighted by molar-refractivity contribution is -0.140. The van der Waals surface area contributed by atoms with Gasteiger partial charge in [-0.3, -0.25) is 9.59 Å². The molecule has 12 heteroatoms. The highest BCUT2D eigenvalue weighted by Crippen LogP contribution is 2.38. The number of carbonyl (C=O) groups is 2. The van der Waals surface area contributed by atoms with Crippen LogP contribution < -0.4 is 9.50 Å². The van der Waals surface area contributed by atoms with Gasteiger partial charge in [0.2, 0.25) is 0 Å². The molecule has 1 unspecified atom stereocenters. The van der Waals surface area contributed by atoms with Crippen molar-refractivity contribution in [2.75, 3.05) is 14.2 Å². The van der Waals surface area contributed by atoms with Crippen LogP contribution in [0.4, 0.5) is 17.6 Å². The summed E-state index contributed by atoms with van der Waals surface area (Å²) >= 11 is -3.70. The second-order valence-corrected chi connectivity index (χ2v) is 7.79. The Bertz CT molecular complexity index is 1220. The molecule has 1 atom stereocenters. The molecule has 0 saturated heterocycles. The second kappa shape index (κ2) is 9.61. The Hall–Kier alpha value is -3.41. The summed E-state index contributed by atoms with van der Waals surface area (Å²) in [6.07, 6.45) is -0.320. The fourth-order valence-corrected chi connectivity index (χ4v) is 3.47. The van der Waals surface area contributed by atoms with E-state index < -0.39 is 40.0 Å². The predicted octanol–water partition coefficient (Wildman–Crippen LogP) is 4.27. The SMILES string of the molecule is CNC(=O)c1c(-c2ccc(F)cc2)oc2cc(CCC(=O)OC)c(OS(=O)C(F)(F)F)cc12. The van der Waals surface area contributed by atoms with E-state index in [4.69, 9.17) is 4.42 Å². The maximum Gasteiger partial charge on any atom is 0.508 e. The largest absolute Gasteiger partial charge is 0.508 e. The summed E-state index contributed by atoms with van der Waals surface area (Å²) in [6, 6.07) is 7.42. The molecule has 0 aliphatic rings. The second-order valence-electron chi connectivity index (χ2n) is 6.69. The van der Waals surface area contributed by atoms with Gasteiger partial charge in [0.1, 0.15) is 22.9 Å². The van der Waals surface area contributed by atoms with E-state index in [0.29, 0.717) is 5.56 Å². The first-order chi connectivity index (χ1) is 15.5. The number of ether oxygens (including phenoxy) is 1. The minimum atomic E-state index is -5.16. The average molecular weight is 487 g/mol. The third kappa shape index (κ3) is 5.33. The molecule has 2 aromatic carbocycles. The summed E-state index contributed by atoms with van der Waals surface area (Å²) in [5.41, 5.74) is -4.69. The average Bonchev–Trinajstić information content (AvgIpc) is 3.14. The Morgan fingerprint density at radius 3 is 2.39 bits per heavy atom. The summed E-state index contributed by atoms with van der Waals surface area (Å²) in [5, 5.41) is 2.49. The zero-order valence-corrected chi connectivity index (χ0v) is 18.1. The molecule has 176 valence electrons. The van der Waals surface area contributed by atoms with Gasteiger partial charge in [-0.15, -0.1) is 0 Å². The number of nitrogens with one attached hydrogen (secondary N) is 1. The van der Waals surface area contributed by atoms with Crippen LogP contribution in [0.5, 0.6) is 5.75 Å². The van der Waals surface area contributed by atoms with Gasteiger partial charge < -0.3 is 18.7 Å². The van der Waals surface area contributed by atoms with Gasteiger partial charge in [0, 0.05) is 30.0 Å². The molecule has 3 rings (SSSR count). The molecular weight excluding hydrogens is 470 g/mol. The standard InChI is InChI=1S/C21H17F4NO6S/c1-26-20(28)18-14-10-15(32-33(29)21(23,24)25)12(5-8-17(27)30-2)9-16(14)31-19(18)11-3-6-13(22)7-4-11/h3-4,6-7,9-10H,5,8H2,1-2H3,(H,26,28). The maximum absolute atomic E-state index is 13.4. The Kier molecular flexibility index (Phi) is 7.06. The molecule has 0 aliphatic heterocycles. The lowest BCUT2D eigenvalue weighted by Crippen LogP contribution is -2.21. The molecular formula is C21H17F4NO6S. The number of benzene rings is 2. The predicted molar refractivity (Wildman–Crippen MR) is 110 cm³/mol. The van der Waals surface area contributed by atoms with Crippen molar-refractivity contribution in [2.24, 2.45) is 0 Å². The summed E-state index contributed by atoms with van der Waals surface area (Å²) in [7, 11) is 2.50. The molecule has 0 fully saturated rings. The smallest absolute Gasteiger partial charge is 0.469 e. The molecule has 33 heavy (non-hydrogen) atoms.